The third-order valence-corrected chi connectivity index (χ3v) is 5.83. The van der Waals surface area contributed by atoms with Gasteiger partial charge < -0.3 is 5.11 Å². The lowest BCUT2D eigenvalue weighted by Crippen LogP contribution is -2.44. The Hall–Kier alpha value is -1.83. The highest BCUT2D eigenvalue weighted by atomic mass is 35.5. The lowest BCUT2D eigenvalue weighted by molar-refractivity contribution is -0.137. The van der Waals surface area contributed by atoms with Crippen molar-refractivity contribution in [1.29, 1.82) is 0 Å². The van der Waals surface area contributed by atoms with E-state index in [0.717, 1.165) is 19.1 Å². The van der Waals surface area contributed by atoms with Gasteiger partial charge in [0, 0.05) is 5.02 Å². The lowest BCUT2D eigenvalue weighted by atomic mass is 10.2. The summed E-state index contributed by atoms with van der Waals surface area (Å²) in [5.41, 5.74) is -0.400. The van der Waals surface area contributed by atoms with Gasteiger partial charge in [0.1, 0.15) is 16.8 Å². The number of hydrogen-bond acceptors (Lipinski definition) is 3. The highest BCUT2D eigenvalue weighted by molar-refractivity contribution is 7.93. The normalized spacial score (nSPS) is 12.7. The second kappa shape index (κ2) is 6.96. The number of aliphatic carboxylic acids is 1. The Kier molecular flexibility index (Phi) is 5.37. The van der Waals surface area contributed by atoms with Crippen LogP contribution in [-0.4, -0.2) is 25.5 Å². The molecule has 1 unspecified atom stereocenters. The zero-order chi connectivity index (χ0) is 18.1. The molecule has 2 rings (SSSR count). The molecule has 0 bridgehead atoms. The van der Waals surface area contributed by atoms with Crippen LogP contribution in [0, 0.1) is 5.82 Å². The van der Waals surface area contributed by atoms with E-state index in [0.29, 0.717) is 4.31 Å². The summed E-state index contributed by atoms with van der Waals surface area (Å²) in [6.45, 7) is 1.13. The lowest BCUT2D eigenvalue weighted by Gasteiger charge is -2.28. The summed E-state index contributed by atoms with van der Waals surface area (Å²) in [6, 6.07) is 7.13. The van der Waals surface area contributed by atoms with Gasteiger partial charge in [0.25, 0.3) is 10.0 Å². The van der Waals surface area contributed by atoms with Crippen molar-refractivity contribution >= 4 is 44.9 Å². The van der Waals surface area contributed by atoms with Gasteiger partial charge in [0.05, 0.1) is 10.7 Å². The molecule has 9 heteroatoms. The molecule has 2 aromatic carbocycles. The van der Waals surface area contributed by atoms with Crippen molar-refractivity contribution in [2.45, 2.75) is 17.9 Å². The van der Waals surface area contributed by atoms with Crippen molar-refractivity contribution in [1.82, 2.24) is 0 Å². The fourth-order valence-corrected chi connectivity index (χ4v) is 4.42. The maximum absolute atomic E-state index is 14.1. The largest absolute Gasteiger partial charge is 0.480 e. The van der Waals surface area contributed by atoms with E-state index in [9.17, 15) is 22.7 Å². The van der Waals surface area contributed by atoms with Crippen LogP contribution in [0.3, 0.4) is 0 Å². The first-order valence-corrected chi connectivity index (χ1v) is 8.82. The number of nitrogens with zero attached hydrogens (tertiary/aromatic N) is 1. The third-order valence-electron chi connectivity index (χ3n) is 3.23. The van der Waals surface area contributed by atoms with Gasteiger partial charge in [0.2, 0.25) is 0 Å². The Morgan fingerprint density at radius 1 is 1.21 bits per heavy atom. The first-order valence-electron chi connectivity index (χ1n) is 6.63. The van der Waals surface area contributed by atoms with Crippen LogP contribution in [-0.2, 0) is 14.8 Å². The molecule has 0 aliphatic rings. The van der Waals surface area contributed by atoms with Gasteiger partial charge >= 0.3 is 5.97 Å². The Morgan fingerprint density at radius 2 is 1.83 bits per heavy atom. The molecule has 5 nitrogen and oxygen atoms in total. The van der Waals surface area contributed by atoms with Crippen molar-refractivity contribution in [2.24, 2.45) is 0 Å². The van der Waals surface area contributed by atoms with Crippen molar-refractivity contribution in [2.75, 3.05) is 4.31 Å². The summed E-state index contributed by atoms with van der Waals surface area (Å²) >= 11 is 11.7. The average molecular weight is 392 g/mol. The van der Waals surface area contributed by atoms with Crippen LogP contribution in [0.1, 0.15) is 6.92 Å². The standard InChI is InChI=1S/C15H12Cl2FNO4S/c1-9(15(20)21)19(13-5-3-2-4-12(13)18)24(22,23)14-8-10(16)6-7-11(14)17/h2-9H,1H3,(H,20,21). The van der Waals surface area contributed by atoms with Crippen LogP contribution < -0.4 is 4.31 Å². The van der Waals surface area contributed by atoms with Crippen molar-refractivity contribution in [3.63, 3.8) is 0 Å². The van der Waals surface area contributed by atoms with Gasteiger partial charge in [-0.3, -0.25) is 0 Å². The zero-order valence-electron chi connectivity index (χ0n) is 12.3. The van der Waals surface area contributed by atoms with Gasteiger partial charge in [-0.2, -0.15) is 0 Å². The summed E-state index contributed by atoms with van der Waals surface area (Å²) in [4.78, 5) is 11.0. The van der Waals surface area contributed by atoms with Crippen molar-refractivity contribution < 1.29 is 22.7 Å². The fourth-order valence-electron chi connectivity index (χ4n) is 2.06. The molecule has 0 saturated carbocycles. The van der Waals surface area contributed by atoms with Crippen LogP contribution in [0.4, 0.5) is 10.1 Å². The van der Waals surface area contributed by atoms with Gasteiger partial charge in [-0.15, -0.1) is 0 Å². The SMILES string of the molecule is CC(C(=O)O)N(c1ccccc1F)S(=O)(=O)c1cc(Cl)ccc1Cl. The van der Waals surface area contributed by atoms with E-state index in [1.165, 1.54) is 30.3 Å². The van der Waals surface area contributed by atoms with Crippen LogP contribution in [0.2, 0.25) is 10.0 Å². The predicted octanol–water partition coefficient (Wildman–Crippen LogP) is 3.80. The molecule has 0 heterocycles. The number of carbonyl (C=O) groups is 1. The molecule has 24 heavy (non-hydrogen) atoms. The number of benzene rings is 2. The Balaban J connectivity index is 2.73. The van der Waals surface area contributed by atoms with Gasteiger partial charge in [-0.25, -0.2) is 21.9 Å². The summed E-state index contributed by atoms with van der Waals surface area (Å²) in [5, 5.41) is 9.19. The number of anilines is 1. The average Bonchev–Trinajstić information content (AvgIpc) is 2.51. The van der Waals surface area contributed by atoms with E-state index in [4.69, 9.17) is 23.2 Å². The van der Waals surface area contributed by atoms with Gasteiger partial charge in [-0.05, 0) is 37.3 Å². The summed E-state index contributed by atoms with van der Waals surface area (Å²) in [7, 11) is -4.48. The number of para-hydroxylation sites is 1. The minimum absolute atomic E-state index is 0.0921. The number of hydrogen-bond donors (Lipinski definition) is 1. The molecule has 0 aliphatic heterocycles. The first-order chi connectivity index (χ1) is 11.2. The number of carboxylic acid groups (broad SMARTS) is 1. The van der Waals surface area contributed by atoms with Crippen LogP contribution in [0.25, 0.3) is 0 Å². The number of carboxylic acids is 1. The minimum atomic E-state index is -4.48. The molecule has 0 fully saturated rings. The molecule has 0 aromatic heterocycles. The molecular formula is C15H12Cl2FNO4S. The zero-order valence-corrected chi connectivity index (χ0v) is 14.6. The molecule has 0 saturated heterocycles. The monoisotopic (exact) mass is 391 g/mol. The van der Waals surface area contributed by atoms with E-state index < -0.39 is 38.4 Å². The molecule has 0 amide bonds. The van der Waals surface area contributed by atoms with Crippen LogP contribution >= 0.6 is 23.2 Å². The summed E-state index contributed by atoms with van der Waals surface area (Å²) in [6.07, 6.45) is 0. The number of rotatable bonds is 5. The summed E-state index contributed by atoms with van der Waals surface area (Å²) < 4.78 is 40.5. The molecular weight excluding hydrogens is 380 g/mol. The second-order valence-electron chi connectivity index (χ2n) is 4.84. The topological polar surface area (TPSA) is 74.7 Å². The first kappa shape index (κ1) is 18.5. The molecule has 1 N–H and O–H groups in total. The Bertz CT molecular complexity index is 889. The molecule has 0 radical (unpaired) electrons. The van der Waals surface area contributed by atoms with Crippen LogP contribution in [0.5, 0.6) is 0 Å². The second-order valence-corrected chi connectivity index (χ2v) is 7.47. The number of halogens is 3. The minimum Gasteiger partial charge on any atom is -0.480 e. The molecule has 128 valence electrons. The maximum atomic E-state index is 14.1. The van der Waals surface area contributed by atoms with Gasteiger partial charge in [-0.1, -0.05) is 35.3 Å². The van der Waals surface area contributed by atoms with E-state index in [1.54, 1.807) is 0 Å². The van der Waals surface area contributed by atoms with Crippen molar-refractivity contribution in [3.8, 4) is 0 Å². The van der Waals surface area contributed by atoms with Crippen LogP contribution in [0.15, 0.2) is 47.4 Å². The Labute approximate surface area is 148 Å². The quantitative estimate of drug-likeness (QED) is 0.840. The molecule has 1 atom stereocenters. The maximum Gasteiger partial charge on any atom is 0.327 e. The highest BCUT2D eigenvalue weighted by Gasteiger charge is 2.36. The van der Waals surface area contributed by atoms with Crippen molar-refractivity contribution in [3.05, 3.63) is 58.3 Å². The molecule has 0 aliphatic carbocycles. The molecule has 2 aromatic rings. The third kappa shape index (κ3) is 3.48. The van der Waals surface area contributed by atoms with Gasteiger partial charge in [0.15, 0.2) is 0 Å². The fraction of sp³-hybridized carbons (Fsp3) is 0.133. The van der Waals surface area contributed by atoms with E-state index >= 15 is 0 Å². The number of sulfonamides is 1. The summed E-state index contributed by atoms with van der Waals surface area (Å²) in [5.74, 6) is -2.33. The smallest absolute Gasteiger partial charge is 0.327 e. The van der Waals surface area contributed by atoms with E-state index in [-0.39, 0.29) is 10.0 Å². The predicted molar refractivity (Wildman–Crippen MR) is 89.6 cm³/mol. The highest BCUT2D eigenvalue weighted by Crippen LogP contribution is 2.33. The van der Waals surface area contributed by atoms with E-state index in [1.807, 2.05) is 0 Å². The van der Waals surface area contributed by atoms with E-state index in [2.05, 4.69) is 0 Å². The molecule has 0 spiro atoms. The Morgan fingerprint density at radius 3 is 2.42 bits per heavy atom.